The molecule has 3 rings (SSSR count). The predicted molar refractivity (Wildman–Crippen MR) is 96.6 cm³/mol. The van der Waals surface area contributed by atoms with Crippen molar-refractivity contribution in [3.8, 4) is 5.75 Å². The Morgan fingerprint density at radius 3 is 2.24 bits per heavy atom. The maximum absolute atomic E-state index is 10.2. The summed E-state index contributed by atoms with van der Waals surface area (Å²) in [6.07, 6.45) is -3.11. The summed E-state index contributed by atoms with van der Waals surface area (Å²) >= 11 is 1.13. The molecule has 6 heteroatoms. The number of thioether (sulfide) groups is 1. The van der Waals surface area contributed by atoms with Gasteiger partial charge in [0.05, 0.1) is 18.0 Å². The SMILES string of the molecule is OCC1SC(Oc2ccccc2Cc2ccccc2)C(O)C(O)C1O. The summed E-state index contributed by atoms with van der Waals surface area (Å²) in [4.78, 5) is 0. The van der Waals surface area contributed by atoms with Crippen molar-refractivity contribution in [1.29, 1.82) is 0 Å². The highest BCUT2D eigenvalue weighted by Crippen LogP contribution is 2.35. The third-order valence-corrected chi connectivity index (χ3v) is 5.72. The van der Waals surface area contributed by atoms with Crippen molar-refractivity contribution >= 4 is 11.8 Å². The lowest BCUT2D eigenvalue weighted by Crippen LogP contribution is -2.55. The normalized spacial score (nSPS) is 29.4. The molecule has 5 unspecified atom stereocenters. The second kappa shape index (κ2) is 8.21. The minimum atomic E-state index is -1.36. The number of rotatable bonds is 5. The average Bonchev–Trinajstić information content (AvgIpc) is 2.64. The summed E-state index contributed by atoms with van der Waals surface area (Å²) in [5.41, 5.74) is 1.33. The van der Waals surface area contributed by atoms with Crippen LogP contribution in [0.2, 0.25) is 0 Å². The van der Waals surface area contributed by atoms with Gasteiger partial charge < -0.3 is 25.2 Å². The van der Waals surface area contributed by atoms with E-state index in [-0.39, 0.29) is 6.61 Å². The fraction of sp³-hybridized carbons (Fsp3) is 0.368. The molecule has 2 aromatic carbocycles. The number of para-hydroxylation sites is 1. The third kappa shape index (κ3) is 4.16. The second-order valence-electron chi connectivity index (χ2n) is 6.09. The zero-order chi connectivity index (χ0) is 17.8. The molecule has 134 valence electrons. The molecule has 1 aliphatic rings. The van der Waals surface area contributed by atoms with Crippen LogP contribution in [-0.2, 0) is 6.42 Å². The molecule has 5 nitrogen and oxygen atoms in total. The molecule has 0 aliphatic carbocycles. The first-order chi connectivity index (χ1) is 12.1. The Kier molecular flexibility index (Phi) is 5.98. The van der Waals surface area contributed by atoms with E-state index in [1.165, 1.54) is 0 Å². The molecule has 0 bridgehead atoms. The zero-order valence-electron chi connectivity index (χ0n) is 13.6. The summed E-state index contributed by atoms with van der Waals surface area (Å²) in [5, 5.41) is 38.9. The van der Waals surface area contributed by atoms with Gasteiger partial charge in [0.1, 0.15) is 18.0 Å². The molecule has 1 saturated heterocycles. The van der Waals surface area contributed by atoms with Gasteiger partial charge in [0.2, 0.25) is 0 Å². The van der Waals surface area contributed by atoms with Crippen LogP contribution in [0.1, 0.15) is 11.1 Å². The number of hydrogen-bond acceptors (Lipinski definition) is 6. The third-order valence-electron chi connectivity index (χ3n) is 4.30. The van der Waals surface area contributed by atoms with Gasteiger partial charge in [0.25, 0.3) is 0 Å². The molecular formula is C19H22O5S. The van der Waals surface area contributed by atoms with Gasteiger partial charge >= 0.3 is 0 Å². The Balaban J connectivity index is 1.78. The molecule has 25 heavy (non-hydrogen) atoms. The largest absolute Gasteiger partial charge is 0.477 e. The Morgan fingerprint density at radius 2 is 1.52 bits per heavy atom. The van der Waals surface area contributed by atoms with E-state index in [2.05, 4.69) is 0 Å². The topological polar surface area (TPSA) is 90.2 Å². The standard InChI is InChI=1S/C19H22O5S/c20-11-15-16(21)17(22)18(23)19(25-15)24-14-9-5-4-8-13(14)10-12-6-2-1-3-7-12/h1-9,15-23H,10-11H2. The van der Waals surface area contributed by atoms with Gasteiger partial charge in [-0.25, -0.2) is 0 Å². The van der Waals surface area contributed by atoms with Crippen LogP contribution in [-0.4, -0.2) is 56.0 Å². The van der Waals surface area contributed by atoms with Crippen LogP contribution in [0.15, 0.2) is 54.6 Å². The number of aliphatic hydroxyl groups is 4. The van der Waals surface area contributed by atoms with Crippen LogP contribution in [0.5, 0.6) is 5.75 Å². The fourth-order valence-corrected chi connectivity index (χ4v) is 4.10. The van der Waals surface area contributed by atoms with E-state index in [0.717, 1.165) is 22.9 Å². The van der Waals surface area contributed by atoms with Crippen molar-refractivity contribution in [3.63, 3.8) is 0 Å². The first-order valence-corrected chi connectivity index (χ1v) is 9.13. The van der Waals surface area contributed by atoms with Crippen LogP contribution in [0.3, 0.4) is 0 Å². The van der Waals surface area contributed by atoms with Crippen molar-refractivity contribution in [1.82, 2.24) is 0 Å². The van der Waals surface area contributed by atoms with E-state index in [1.54, 1.807) is 0 Å². The maximum atomic E-state index is 10.2. The molecule has 0 radical (unpaired) electrons. The molecule has 0 spiro atoms. The molecule has 2 aromatic rings. The summed E-state index contributed by atoms with van der Waals surface area (Å²) in [6.45, 7) is -0.304. The van der Waals surface area contributed by atoms with Gasteiger partial charge in [-0.15, -0.1) is 11.8 Å². The highest BCUT2D eigenvalue weighted by molar-refractivity contribution is 8.00. The maximum Gasteiger partial charge on any atom is 0.173 e. The number of hydrogen-bond donors (Lipinski definition) is 4. The van der Waals surface area contributed by atoms with Crippen molar-refractivity contribution in [3.05, 3.63) is 65.7 Å². The Labute approximate surface area is 150 Å². The average molecular weight is 362 g/mol. The molecule has 4 N–H and O–H groups in total. The molecule has 0 saturated carbocycles. The van der Waals surface area contributed by atoms with E-state index in [1.807, 2.05) is 54.6 Å². The number of benzene rings is 2. The fourth-order valence-electron chi connectivity index (χ4n) is 2.87. The van der Waals surface area contributed by atoms with Crippen molar-refractivity contribution in [2.75, 3.05) is 6.61 Å². The number of aliphatic hydroxyl groups excluding tert-OH is 4. The van der Waals surface area contributed by atoms with Crippen LogP contribution in [0, 0.1) is 0 Å². The molecule has 1 heterocycles. The summed E-state index contributed by atoms with van der Waals surface area (Å²) in [5.74, 6) is 0.614. The lowest BCUT2D eigenvalue weighted by atomic mass is 10.0. The summed E-state index contributed by atoms with van der Waals surface area (Å²) < 4.78 is 5.95. The van der Waals surface area contributed by atoms with Crippen LogP contribution < -0.4 is 4.74 Å². The molecule has 1 fully saturated rings. The van der Waals surface area contributed by atoms with E-state index in [9.17, 15) is 20.4 Å². The highest BCUT2D eigenvalue weighted by atomic mass is 32.2. The van der Waals surface area contributed by atoms with E-state index in [4.69, 9.17) is 4.74 Å². The van der Waals surface area contributed by atoms with Gasteiger partial charge in [-0.1, -0.05) is 48.5 Å². The van der Waals surface area contributed by atoms with Crippen LogP contribution >= 0.6 is 11.8 Å². The summed E-state index contributed by atoms with van der Waals surface area (Å²) in [7, 11) is 0. The molecule has 5 atom stereocenters. The molecule has 0 amide bonds. The molecule has 1 aliphatic heterocycles. The summed E-state index contributed by atoms with van der Waals surface area (Å²) in [6, 6.07) is 17.5. The van der Waals surface area contributed by atoms with E-state index >= 15 is 0 Å². The molecular weight excluding hydrogens is 340 g/mol. The minimum absolute atomic E-state index is 0.304. The van der Waals surface area contributed by atoms with Crippen LogP contribution in [0.4, 0.5) is 0 Å². The lowest BCUT2D eigenvalue weighted by Gasteiger charge is -2.39. The van der Waals surface area contributed by atoms with Gasteiger partial charge in [0, 0.05) is 6.42 Å². The van der Waals surface area contributed by atoms with Gasteiger partial charge in [-0.3, -0.25) is 0 Å². The highest BCUT2D eigenvalue weighted by Gasteiger charge is 2.44. The predicted octanol–water partition coefficient (Wildman–Crippen LogP) is 1.17. The van der Waals surface area contributed by atoms with E-state index < -0.39 is 29.0 Å². The van der Waals surface area contributed by atoms with Crippen molar-refractivity contribution < 1.29 is 25.2 Å². The first-order valence-electron chi connectivity index (χ1n) is 8.19. The quantitative estimate of drug-likeness (QED) is 0.639. The number of ether oxygens (including phenoxy) is 1. The second-order valence-corrected chi connectivity index (χ2v) is 7.43. The minimum Gasteiger partial charge on any atom is -0.477 e. The van der Waals surface area contributed by atoms with E-state index in [0.29, 0.717) is 12.2 Å². The Bertz CT molecular complexity index is 679. The van der Waals surface area contributed by atoms with Gasteiger partial charge in [-0.2, -0.15) is 0 Å². The van der Waals surface area contributed by atoms with Gasteiger partial charge in [-0.05, 0) is 17.2 Å². The van der Waals surface area contributed by atoms with Gasteiger partial charge in [0.15, 0.2) is 5.44 Å². The Hall–Kier alpha value is -1.57. The van der Waals surface area contributed by atoms with Crippen molar-refractivity contribution in [2.24, 2.45) is 0 Å². The van der Waals surface area contributed by atoms with Crippen molar-refractivity contribution in [2.45, 2.75) is 35.4 Å². The monoisotopic (exact) mass is 362 g/mol. The lowest BCUT2D eigenvalue weighted by molar-refractivity contribution is -0.0910. The Morgan fingerprint density at radius 1 is 0.840 bits per heavy atom. The smallest absolute Gasteiger partial charge is 0.173 e. The molecule has 0 aromatic heterocycles. The zero-order valence-corrected chi connectivity index (χ0v) is 14.4. The first kappa shape index (κ1) is 18.2. The van der Waals surface area contributed by atoms with Crippen LogP contribution in [0.25, 0.3) is 0 Å².